The number of aryl methyl sites for hydroxylation is 1. The Bertz CT molecular complexity index is 492. The van der Waals surface area contributed by atoms with E-state index in [1.54, 1.807) is 7.05 Å². The van der Waals surface area contributed by atoms with E-state index in [1.165, 1.54) is 4.80 Å². The number of aromatic nitrogens is 4. The van der Waals surface area contributed by atoms with Crippen molar-refractivity contribution in [1.82, 2.24) is 25.5 Å². The van der Waals surface area contributed by atoms with Crippen molar-refractivity contribution in [2.45, 2.75) is 44.1 Å². The fourth-order valence-electron chi connectivity index (χ4n) is 2.41. The monoisotopic (exact) mass is 282 g/mol. The lowest BCUT2D eigenvalue weighted by atomic mass is 9.90. The maximum atomic E-state index is 11.9. The molecule has 20 heavy (non-hydrogen) atoms. The Morgan fingerprint density at radius 3 is 2.40 bits per heavy atom. The maximum Gasteiger partial charge on any atom is 0.329 e. The summed E-state index contributed by atoms with van der Waals surface area (Å²) in [6.07, 6.45) is 4.42. The van der Waals surface area contributed by atoms with E-state index in [1.807, 2.05) is 0 Å². The van der Waals surface area contributed by atoms with E-state index >= 15 is 0 Å². The van der Waals surface area contributed by atoms with Crippen LogP contribution in [-0.4, -0.2) is 42.9 Å². The first-order valence-corrected chi connectivity index (χ1v) is 6.58. The summed E-state index contributed by atoms with van der Waals surface area (Å²) in [5.74, 6) is -0.958. The zero-order valence-corrected chi connectivity index (χ0v) is 11.3. The highest BCUT2D eigenvalue weighted by Crippen LogP contribution is 2.27. The number of nitrogens with one attached hydrogen (secondary N) is 2. The smallest absolute Gasteiger partial charge is 0.329 e. The van der Waals surface area contributed by atoms with Crippen molar-refractivity contribution in [3.05, 3.63) is 0 Å². The van der Waals surface area contributed by atoms with Gasteiger partial charge in [-0.15, -0.1) is 5.10 Å². The summed E-state index contributed by atoms with van der Waals surface area (Å²) in [5, 5.41) is 25.4. The largest absolute Gasteiger partial charge is 0.480 e. The van der Waals surface area contributed by atoms with Gasteiger partial charge in [-0.05, 0) is 18.1 Å². The van der Waals surface area contributed by atoms with Crippen LogP contribution in [0.25, 0.3) is 0 Å². The van der Waals surface area contributed by atoms with Gasteiger partial charge in [-0.1, -0.05) is 30.8 Å². The molecule has 0 unspecified atom stereocenters. The number of anilines is 1. The van der Waals surface area contributed by atoms with E-state index < -0.39 is 17.5 Å². The minimum Gasteiger partial charge on any atom is -0.480 e. The number of nitrogens with zero attached hydrogens (tertiary/aromatic N) is 4. The van der Waals surface area contributed by atoms with Crippen LogP contribution in [0.2, 0.25) is 0 Å². The fraction of sp³-hybridized carbons (Fsp3) is 0.727. The van der Waals surface area contributed by atoms with Crippen LogP contribution in [0.1, 0.15) is 38.5 Å². The summed E-state index contributed by atoms with van der Waals surface area (Å²) in [6.45, 7) is 0. The quantitative estimate of drug-likeness (QED) is 0.694. The number of hydrogen-bond acceptors (Lipinski definition) is 5. The van der Waals surface area contributed by atoms with E-state index in [0.29, 0.717) is 12.8 Å². The van der Waals surface area contributed by atoms with Gasteiger partial charge in [0.25, 0.3) is 5.95 Å². The molecule has 0 aromatic carbocycles. The molecular weight excluding hydrogens is 264 g/mol. The SMILES string of the molecule is Cn1nnc(NC(=O)NC2(C(=O)O)CCCCCC2)n1. The standard InChI is InChI=1S/C11H18N6O3/c1-17-15-9(14-16-17)12-10(20)13-11(8(18)19)6-4-2-3-5-7-11/h2-7H2,1H3,(H,18,19)(H2,12,13,15,20). The number of carbonyl (C=O) groups excluding carboxylic acids is 1. The van der Waals surface area contributed by atoms with Crippen molar-refractivity contribution in [2.24, 2.45) is 7.05 Å². The first-order chi connectivity index (χ1) is 9.52. The number of amides is 2. The van der Waals surface area contributed by atoms with Gasteiger partial charge in [-0.3, -0.25) is 5.32 Å². The van der Waals surface area contributed by atoms with Gasteiger partial charge >= 0.3 is 12.0 Å². The summed E-state index contributed by atoms with van der Waals surface area (Å²) < 4.78 is 0. The number of hydrogen-bond donors (Lipinski definition) is 3. The minimum absolute atomic E-state index is 0.0409. The second-order valence-electron chi connectivity index (χ2n) is 4.98. The molecule has 110 valence electrons. The molecule has 1 aromatic heterocycles. The Morgan fingerprint density at radius 2 is 1.90 bits per heavy atom. The van der Waals surface area contributed by atoms with E-state index in [4.69, 9.17) is 0 Å². The second-order valence-corrected chi connectivity index (χ2v) is 4.98. The highest BCUT2D eigenvalue weighted by molar-refractivity contribution is 5.92. The van der Waals surface area contributed by atoms with Crippen LogP contribution in [0.5, 0.6) is 0 Å². The van der Waals surface area contributed by atoms with E-state index in [-0.39, 0.29) is 5.95 Å². The molecule has 0 bridgehead atoms. The van der Waals surface area contributed by atoms with Crippen molar-refractivity contribution in [3.63, 3.8) is 0 Å². The van der Waals surface area contributed by atoms with Crippen LogP contribution in [-0.2, 0) is 11.8 Å². The molecule has 0 atom stereocenters. The van der Waals surface area contributed by atoms with Crippen LogP contribution in [0.15, 0.2) is 0 Å². The maximum absolute atomic E-state index is 11.9. The van der Waals surface area contributed by atoms with Crippen molar-refractivity contribution in [3.8, 4) is 0 Å². The van der Waals surface area contributed by atoms with E-state index in [2.05, 4.69) is 26.0 Å². The van der Waals surface area contributed by atoms with Crippen LogP contribution in [0.3, 0.4) is 0 Å². The molecule has 3 N–H and O–H groups in total. The van der Waals surface area contributed by atoms with Gasteiger partial charge in [0, 0.05) is 0 Å². The Hall–Kier alpha value is -2.19. The van der Waals surface area contributed by atoms with Crippen molar-refractivity contribution < 1.29 is 14.7 Å². The number of tetrazole rings is 1. The normalized spacial score (nSPS) is 18.1. The molecule has 1 fully saturated rings. The lowest BCUT2D eigenvalue weighted by molar-refractivity contribution is -0.145. The molecule has 1 aliphatic carbocycles. The molecule has 0 aliphatic heterocycles. The second kappa shape index (κ2) is 5.85. The third-order valence-corrected chi connectivity index (χ3v) is 3.45. The Morgan fingerprint density at radius 1 is 1.25 bits per heavy atom. The Balaban J connectivity index is 2.03. The molecular formula is C11H18N6O3. The van der Waals surface area contributed by atoms with Gasteiger partial charge in [0.2, 0.25) is 0 Å². The fourth-order valence-corrected chi connectivity index (χ4v) is 2.41. The molecule has 9 heteroatoms. The van der Waals surface area contributed by atoms with Gasteiger partial charge in [0.1, 0.15) is 5.54 Å². The molecule has 1 aliphatic rings. The third-order valence-electron chi connectivity index (χ3n) is 3.45. The highest BCUT2D eigenvalue weighted by Gasteiger charge is 2.40. The number of rotatable bonds is 3. The predicted molar refractivity (Wildman–Crippen MR) is 69.0 cm³/mol. The molecule has 2 amide bonds. The topological polar surface area (TPSA) is 122 Å². The van der Waals surface area contributed by atoms with Crippen LogP contribution < -0.4 is 10.6 Å². The average molecular weight is 282 g/mol. The summed E-state index contributed by atoms with van der Waals surface area (Å²) in [7, 11) is 1.57. The minimum atomic E-state index is -1.21. The van der Waals surface area contributed by atoms with Crippen molar-refractivity contribution >= 4 is 17.9 Å². The summed E-state index contributed by atoms with van der Waals surface area (Å²) in [6, 6.07) is -0.623. The zero-order valence-electron chi connectivity index (χ0n) is 11.3. The van der Waals surface area contributed by atoms with Gasteiger partial charge < -0.3 is 10.4 Å². The lowest BCUT2D eigenvalue weighted by Gasteiger charge is -2.28. The third kappa shape index (κ3) is 3.22. The first kappa shape index (κ1) is 14.2. The number of aliphatic carboxylic acids is 1. The highest BCUT2D eigenvalue weighted by atomic mass is 16.4. The molecule has 1 aromatic rings. The number of carboxylic acid groups (broad SMARTS) is 1. The van der Waals surface area contributed by atoms with Crippen LogP contribution in [0, 0.1) is 0 Å². The van der Waals surface area contributed by atoms with Crippen LogP contribution >= 0.6 is 0 Å². The number of urea groups is 1. The van der Waals surface area contributed by atoms with Gasteiger partial charge in [0.15, 0.2) is 0 Å². The summed E-state index contributed by atoms with van der Waals surface area (Å²) in [5.41, 5.74) is -1.21. The Labute approximate surface area is 115 Å². The van der Waals surface area contributed by atoms with Gasteiger partial charge in [0.05, 0.1) is 7.05 Å². The van der Waals surface area contributed by atoms with Crippen molar-refractivity contribution in [2.75, 3.05) is 5.32 Å². The molecule has 9 nitrogen and oxygen atoms in total. The molecule has 0 saturated heterocycles. The number of carboxylic acids is 1. The molecule has 1 heterocycles. The molecule has 0 spiro atoms. The molecule has 2 rings (SSSR count). The average Bonchev–Trinajstić information content (AvgIpc) is 2.64. The summed E-state index contributed by atoms with van der Waals surface area (Å²) >= 11 is 0. The van der Waals surface area contributed by atoms with E-state index in [9.17, 15) is 14.7 Å². The zero-order chi connectivity index (χ0) is 14.6. The summed E-state index contributed by atoms with van der Waals surface area (Å²) in [4.78, 5) is 24.6. The molecule has 0 radical (unpaired) electrons. The van der Waals surface area contributed by atoms with Gasteiger partial charge in [-0.2, -0.15) is 4.80 Å². The predicted octanol–water partition coefficient (Wildman–Crippen LogP) is 0.509. The van der Waals surface area contributed by atoms with Gasteiger partial charge in [-0.25, -0.2) is 9.59 Å². The molecule has 1 saturated carbocycles. The first-order valence-electron chi connectivity index (χ1n) is 6.58. The van der Waals surface area contributed by atoms with Crippen molar-refractivity contribution in [1.29, 1.82) is 0 Å². The lowest BCUT2D eigenvalue weighted by Crippen LogP contribution is -2.55. The van der Waals surface area contributed by atoms with E-state index in [0.717, 1.165) is 25.7 Å². The Kier molecular flexibility index (Phi) is 4.16. The van der Waals surface area contributed by atoms with Crippen LogP contribution in [0.4, 0.5) is 10.7 Å². The number of carbonyl (C=O) groups is 2.